The Hall–Kier alpha value is -3.98. The molecule has 3 aromatic rings. The quantitative estimate of drug-likeness (QED) is 0.317. The third-order valence-electron chi connectivity index (χ3n) is 6.65. The fourth-order valence-electron chi connectivity index (χ4n) is 4.49. The summed E-state index contributed by atoms with van der Waals surface area (Å²) in [6.45, 7) is 6.57. The predicted molar refractivity (Wildman–Crippen MR) is 141 cm³/mol. The normalized spacial score (nSPS) is 16.0. The molecule has 0 fully saturated rings. The van der Waals surface area contributed by atoms with Crippen LogP contribution in [-0.2, 0) is 11.8 Å². The van der Waals surface area contributed by atoms with Gasteiger partial charge in [-0.2, -0.15) is 10.5 Å². The van der Waals surface area contributed by atoms with Crippen molar-refractivity contribution in [1.29, 1.82) is 10.5 Å². The summed E-state index contributed by atoms with van der Waals surface area (Å²) in [6.07, 6.45) is 4.65. The third kappa shape index (κ3) is 5.31. The number of hydrogen-bond acceptors (Lipinski definition) is 8. The van der Waals surface area contributed by atoms with E-state index in [1.54, 1.807) is 12.3 Å². The van der Waals surface area contributed by atoms with Crippen LogP contribution in [0.3, 0.4) is 0 Å². The summed E-state index contributed by atoms with van der Waals surface area (Å²) in [5.41, 5.74) is 5.69. The molecule has 0 amide bonds. The van der Waals surface area contributed by atoms with Gasteiger partial charge in [-0.25, -0.2) is 9.97 Å². The number of aliphatic hydroxyl groups is 1. The summed E-state index contributed by atoms with van der Waals surface area (Å²) in [5.74, 6) is 0.415. The minimum atomic E-state index is -0.468. The van der Waals surface area contributed by atoms with Crippen molar-refractivity contribution in [3.05, 3.63) is 64.8 Å². The van der Waals surface area contributed by atoms with Crippen molar-refractivity contribution >= 4 is 17.3 Å². The molecule has 0 bridgehead atoms. The van der Waals surface area contributed by atoms with Crippen molar-refractivity contribution in [2.24, 2.45) is 0 Å². The lowest BCUT2D eigenvalue weighted by molar-refractivity contribution is 0.219. The molecule has 1 aliphatic rings. The lowest BCUT2D eigenvalue weighted by atomic mass is 9.83. The second-order valence-corrected chi connectivity index (χ2v) is 9.32. The fourth-order valence-corrected chi connectivity index (χ4v) is 4.49. The van der Waals surface area contributed by atoms with Crippen LogP contribution in [0.15, 0.2) is 42.6 Å². The Balaban J connectivity index is 1.63. The molecular weight excluding hydrogens is 450 g/mol. The molecule has 0 unspecified atom stereocenters. The molecular formula is C28H31N7O. The number of anilines is 3. The third-order valence-corrected chi connectivity index (χ3v) is 6.65. The lowest BCUT2D eigenvalue weighted by Gasteiger charge is -2.21. The maximum atomic E-state index is 9.99. The molecule has 36 heavy (non-hydrogen) atoms. The van der Waals surface area contributed by atoms with Gasteiger partial charge in [0.05, 0.1) is 35.2 Å². The van der Waals surface area contributed by atoms with Crippen LogP contribution in [0.5, 0.6) is 0 Å². The van der Waals surface area contributed by atoms with E-state index in [0.717, 1.165) is 60.4 Å². The second kappa shape index (κ2) is 11.2. The minimum Gasteiger partial charge on any atom is -0.395 e. The molecule has 2 heterocycles. The molecule has 0 radical (unpaired) electrons. The molecule has 0 saturated heterocycles. The fraction of sp³-hybridized carbons (Fsp3) is 0.357. The number of fused-ring (bicyclic) bond motifs is 1. The average Bonchev–Trinajstić information content (AvgIpc) is 3.26. The predicted octanol–water partition coefficient (Wildman–Crippen LogP) is 4.24. The highest BCUT2D eigenvalue weighted by Gasteiger charge is 2.36. The van der Waals surface area contributed by atoms with E-state index in [4.69, 9.17) is 4.98 Å². The van der Waals surface area contributed by atoms with Gasteiger partial charge in [0.25, 0.3) is 0 Å². The van der Waals surface area contributed by atoms with E-state index in [1.807, 2.05) is 37.3 Å². The Morgan fingerprint density at radius 1 is 1.14 bits per heavy atom. The molecule has 0 saturated carbocycles. The van der Waals surface area contributed by atoms with Gasteiger partial charge in [0.2, 0.25) is 5.95 Å². The largest absolute Gasteiger partial charge is 0.395 e. The first-order valence-electron chi connectivity index (χ1n) is 12.3. The molecule has 0 spiro atoms. The van der Waals surface area contributed by atoms with Crippen LogP contribution >= 0.6 is 0 Å². The van der Waals surface area contributed by atoms with Crippen molar-refractivity contribution in [3.63, 3.8) is 0 Å². The van der Waals surface area contributed by atoms with Crippen molar-refractivity contribution in [1.82, 2.24) is 15.3 Å². The van der Waals surface area contributed by atoms with Crippen molar-refractivity contribution < 1.29 is 5.11 Å². The summed E-state index contributed by atoms with van der Waals surface area (Å²) >= 11 is 0. The number of aliphatic hydroxyl groups excluding tert-OH is 1. The molecule has 8 heteroatoms. The zero-order valence-electron chi connectivity index (χ0n) is 20.7. The number of benzene rings is 2. The number of hydrogen-bond donors (Lipinski definition) is 4. The van der Waals surface area contributed by atoms with Crippen molar-refractivity contribution in [3.8, 4) is 23.4 Å². The minimum absolute atomic E-state index is 0.0234. The second-order valence-electron chi connectivity index (χ2n) is 9.32. The number of rotatable bonds is 10. The summed E-state index contributed by atoms with van der Waals surface area (Å²) in [5, 5.41) is 39.1. The molecule has 0 aliphatic carbocycles. The molecule has 8 nitrogen and oxygen atoms in total. The smallest absolute Gasteiger partial charge is 0.227 e. The number of unbranched alkanes of at least 4 members (excludes halogenated alkanes) is 1. The standard InChI is InChI=1S/C28H31N7O/c1-3-31-10-5-4-6-20-8-7-19(15-29)12-25(20)35-27-32-11-9-24(34-27)21-13-22(16-30)26-23(14-21)28(2,18-36)17-33-26/h7-9,11-14,31,33,36H,3-6,10,17-18H2,1-2H3,(H,32,34,35)/t28-/m1/s1. The topological polar surface area (TPSA) is 130 Å². The van der Waals surface area contributed by atoms with Gasteiger partial charge in [-0.15, -0.1) is 0 Å². The number of nitriles is 2. The first-order valence-corrected chi connectivity index (χ1v) is 12.3. The van der Waals surface area contributed by atoms with Crippen molar-refractivity contribution in [2.45, 2.75) is 38.5 Å². The van der Waals surface area contributed by atoms with Gasteiger partial charge in [0.1, 0.15) is 6.07 Å². The Morgan fingerprint density at radius 3 is 2.75 bits per heavy atom. The van der Waals surface area contributed by atoms with Crippen LogP contribution in [0.25, 0.3) is 11.3 Å². The van der Waals surface area contributed by atoms with E-state index in [2.05, 4.69) is 40.0 Å². The van der Waals surface area contributed by atoms with Crippen molar-refractivity contribution in [2.75, 3.05) is 36.9 Å². The van der Waals surface area contributed by atoms with E-state index in [-0.39, 0.29) is 6.61 Å². The SMILES string of the molecule is CCNCCCCc1ccc(C#N)cc1Nc1nccc(-c2cc(C#N)c3c(c2)[C@@](C)(CO)CN3)n1. The van der Waals surface area contributed by atoms with Gasteiger partial charge in [-0.05, 0) is 73.8 Å². The first-order chi connectivity index (χ1) is 17.5. The van der Waals surface area contributed by atoms with Gasteiger partial charge in [0, 0.05) is 29.4 Å². The number of nitrogens with one attached hydrogen (secondary N) is 3. The van der Waals surface area contributed by atoms with Crippen LogP contribution in [0, 0.1) is 22.7 Å². The zero-order valence-corrected chi connectivity index (χ0v) is 20.7. The Kier molecular flexibility index (Phi) is 7.80. The number of nitrogens with zero attached hydrogens (tertiary/aromatic N) is 4. The molecule has 1 aromatic heterocycles. The number of aromatic nitrogens is 2. The maximum absolute atomic E-state index is 9.99. The molecule has 4 rings (SSSR count). The summed E-state index contributed by atoms with van der Waals surface area (Å²) < 4.78 is 0. The van der Waals surface area contributed by atoms with Crippen LogP contribution in [0.4, 0.5) is 17.3 Å². The molecule has 1 atom stereocenters. The van der Waals surface area contributed by atoms with Crippen LogP contribution < -0.4 is 16.0 Å². The summed E-state index contributed by atoms with van der Waals surface area (Å²) in [6, 6.07) is 15.7. The molecule has 1 aliphatic heterocycles. The van der Waals surface area contributed by atoms with Gasteiger partial charge in [-0.1, -0.05) is 19.9 Å². The van der Waals surface area contributed by atoms with Gasteiger partial charge in [0.15, 0.2) is 0 Å². The van der Waals surface area contributed by atoms with Crippen LogP contribution in [0.1, 0.15) is 48.9 Å². The monoisotopic (exact) mass is 481 g/mol. The summed E-state index contributed by atoms with van der Waals surface area (Å²) in [7, 11) is 0. The van der Waals surface area contributed by atoms with Crippen LogP contribution in [0.2, 0.25) is 0 Å². The Labute approximate surface area is 212 Å². The zero-order chi connectivity index (χ0) is 25.5. The van der Waals surface area contributed by atoms with Gasteiger partial charge < -0.3 is 21.1 Å². The number of aryl methyl sites for hydroxylation is 1. The Bertz CT molecular complexity index is 1320. The van der Waals surface area contributed by atoms with Crippen LogP contribution in [-0.4, -0.2) is 41.3 Å². The first kappa shape index (κ1) is 25.1. The molecule has 184 valence electrons. The highest BCUT2D eigenvalue weighted by molar-refractivity contribution is 5.76. The van der Waals surface area contributed by atoms with Gasteiger partial charge in [-0.3, -0.25) is 0 Å². The van der Waals surface area contributed by atoms with E-state index < -0.39 is 5.41 Å². The van der Waals surface area contributed by atoms with E-state index in [1.165, 1.54) is 0 Å². The summed E-state index contributed by atoms with van der Waals surface area (Å²) in [4.78, 5) is 9.13. The van der Waals surface area contributed by atoms with E-state index >= 15 is 0 Å². The van der Waals surface area contributed by atoms with E-state index in [9.17, 15) is 15.6 Å². The average molecular weight is 482 g/mol. The highest BCUT2D eigenvalue weighted by atomic mass is 16.3. The molecule has 2 aromatic carbocycles. The van der Waals surface area contributed by atoms with Gasteiger partial charge >= 0.3 is 0 Å². The molecule has 4 N–H and O–H groups in total. The van der Waals surface area contributed by atoms with E-state index in [0.29, 0.717) is 29.3 Å². The lowest BCUT2D eigenvalue weighted by Crippen LogP contribution is -2.28. The Morgan fingerprint density at radius 2 is 2.00 bits per heavy atom. The highest BCUT2D eigenvalue weighted by Crippen LogP contribution is 2.41. The maximum Gasteiger partial charge on any atom is 0.227 e.